The largest absolute Gasteiger partial charge is 0.445 e. The summed E-state index contributed by atoms with van der Waals surface area (Å²) < 4.78 is 10.9. The van der Waals surface area contributed by atoms with Gasteiger partial charge in [-0.3, -0.25) is 9.69 Å². The van der Waals surface area contributed by atoms with E-state index >= 15 is 0 Å². The molecule has 3 rings (SSSR count). The Balaban J connectivity index is 1.47. The van der Waals surface area contributed by atoms with Gasteiger partial charge in [0.1, 0.15) is 18.2 Å². The van der Waals surface area contributed by atoms with E-state index in [0.29, 0.717) is 26.2 Å². The molecule has 3 amide bonds. The molecule has 2 heterocycles. The van der Waals surface area contributed by atoms with Crippen molar-refractivity contribution < 1.29 is 23.9 Å². The molecule has 0 aliphatic carbocycles. The van der Waals surface area contributed by atoms with Crippen LogP contribution in [0.25, 0.3) is 0 Å². The van der Waals surface area contributed by atoms with Gasteiger partial charge in [-0.05, 0) is 57.9 Å². The van der Waals surface area contributed by atoms with Crippen LogP contribution in [0.3, 0.4) is 0 Å². The molecule has 2 aliphatic heterocycles. The second-order valence-electron chi connectivity index (χ2n) is 10.3. The van der Waals surface area contributed by atoms with E-state index in [1.807, 2.05) is 56.0 Å². The van der Waals surface area contributed by atoms with Gasteiger partial charge in [0.2, 0.25) is 5.91 Å². The van der Waals surface area contributed by atoms with Gasteiger partial charge in [0, 0.05) is 33.2 Å². The van der Waals surface area contributed by atoms with E-state index in [-0.39, 0.29) is 24.0 Å². The molecule has 33 heavy (non-hydrogen) atoms. The van der Waals surface area contributed by atoms with Crippen molar-refractivity contribution in [2.45, 2.75) is 65.2 Å². The average Bonchev–Trinajstić information content (AvgIpc) is 3.20. The fourth-order valence-corrected chi connectivity index (χ4v) is 4.44. The summed E-state index contributed by atoms with van der Waals surface area (Å²) >= 11 is 0. The lowest BCUT2D eigenvalue weighted by Gasteiger charge is -2.40. The Morgan fingerprint density at radius 1 is 1.03 bits per heavy atom. The lowest BCUT2D eigenvalue weighted by Crippen LogP contribution is -2.52. The molecule has 0 saturated carbocycles. The fraction of sp³-hybridized carbons (Fsp3) is 0.640. The predicted molar refractivity (Wildman–Crippen MR) is 125 cm³/mol. The Bertz CT molecular complexity index is 843. The van der Waals surface area contributed by atoms with Gasteiger partial charge in [-0.1, -0.05) is 30.3 Å². The average molecular weight is 460 g/mol. The maximum absolute atomic E-state index is 13.0. The van der Waals surface area contributed by atoms with Gasteiger partial charge in [0.15, 0.2) is 0 Å². The van der Waals surface area contributed by atoms with Crippen LogP contribution in [-0.4, -0.2) is 77.7 Å². The van der Waals surface area contributed by atoms with E-state index < -0.39 is 17.7 Å². The summed E-state index contributed by atoms with van der Waals surface area (Å²) in [5.41, 5.74) is 0.432. The smallest absolute Gasteiger partial charge is 0.410 e. The van der Waals surface area contributed by atoms with E-state index in [2.05, 4.69) is 0 Å². The van der Waals surface area contributed by atoms with E-state index in [1.165, 1.54) is 4.90 Å². The highest BCUT2D eigenvalue weighted by atomic mass is 16.6. The third-order valence-electron chi connectivity index (χ3n) is 6.66. The lowest BCUT2D eigenvalue weighted by atomic mass is 9.77. The predicted octanol–water partition coefficient (Wildman–Crippen LogP) is 3.89. The molecule has 2 saturated heterocycles. The van der Waals surface area contributed by atoms with Gasteiger partial charge in [0.25, 0.3) is 0 Å². The summed E-state index contributed by atoms with van der Waals surface area (Å²) in [6, 6.07) is 8.85. The number of piperidine rings is 1. The number of carbonyl (C=O) groups excluding carboxylic acids is 3. The summed E-state index contributed by atoms with van der Waals surface area (Å²) in [5, 5.41) is 0. The van der Waals surface area contributed by atoms with Crippen molar-refractivity contribution in [1.29, 1.82) is 0 Å². The maximum Gasteiger partial charge on any atom is 0.410 e. The summed E-state index contributed by atoms with van der Waals surface area (Å²) in [7, 11) is 1.59. The topological polar surface area (TPSA) is 79.4 Å². The minimum atomic E-state index is -0.607. The van der Waals surface area contributed by atoms with Gasteiger partial charge in [-0.15, -0.1) is 0 Å². The van der Waals surface area contributed by atoms with Crippen LogP contribution in [0.1, 0.15) is 52.5 Å². The summed E-state index contributed by atoms with van der Waals surface area (Å²) in [6.45, 7) is 10.1. The molecular weight excluding hydrogens is 422 g/mol. The molecule has 1 aromatic carbocycles. The summed E-state index contributed by atoms with van der Waals surface area (Å²) in [4.78, 5) is 42.9. The number of hydrogen-bond donors (Lipinski definition) is 0. The molecule has 0 unspecified atom stereocenters. The Morgan fingerprint density at radius 3 is 2.18 bits per heavy atom. The third-order valence-corrected chi connectivity index (χ3v) is 6.66. The molecule has 0 radical (unpaired) electrons. The highest BCUT2D eigenvalue weighted by molar-refractivity contribution is 5.85. The molecule has 8 heteroatoms. The lowest BCUT2D eigenvalue weighted by molar-refractivity contribution is -0.137. The van der Waals surface area contributed by atoms with Gasteiger partial charge in [-0.2, -0.15) is 0 Å². The molecule has 182 valence electrons. The molecule has 2 fully saturated rings. The molecule has 1 aromatic rings. The summed E-state index contributed by atoms with van der Waals surface area (Å²) in [6.07, 6.45) is 1.83. The fourth-order valence-electron chi connectivity index (χ4n) is 4.44. The van der Waals surface area contributed by atoms with Crippen molar-refractivity contribution >= 4 is 18.1 Å². The first-order chi connectivity index (χ1) is 15.5. The minimum Gasteiger partial charge on any atom is -0.445 e. The van der Waals surface area contributed by atoms with Gasteiger partial charge >= 0.3 is 12.2 Å². The molecule has 2 aliphatic rings. The first kappa shape index (κ1) is 24.9. The van der Waals surface area contributed by atoms with Gasteiger partial charge < -0.3 is 19.3 Å². The zero-order chi connectivity index (χ0) is 24.2. The molecule has 1 spiro atoms. The zero-order valence-corrected chi connectivity index (χ0v) is 20.5. The van der Waals surface area contributed by atoms with Crippen molar-refractivity contribution in [2.75, 3.05) is 33.2 Å². The van der Waals surface area contributed by atoms with Crippen molar-refractivity contribution in [3.63, 3.8) is 0 Å². The van der Waals surface area contributed by atoms with Crippen molar-refractivity contribution in [2.24, 2.45) is 5.41 Å². The van der Waals surface area contributed by atoms with Crippen molar-refractivity contribution in [3.05, 3.63) is 35.9 Å². The number of nitrogens with zero attached hydrogens (tertiary/aromatic N) is 3. The van der Waals surface area contributed by atoms with E-state index in [0.717, 1.165) is 24.8 Å². The first-order valence-electron chi connectivity index (χ1n) is 11.7. The number of amides is 3. The van der Waals surface area contributed by atoms with Gasteiger partial charge in [0.05, 0.1) is 0 Å². The van der Waals surface area contributed by atoms with Crippen LogP contribution in [0.5, 0.6) is 0 Å². The summed E-state index contributed by atoms with van der Waals surface area (Å²) in [5.74, 6) is -0.0778. The normalized spacial score (nSPS) is 18.7. The maximum atomic E-state index is 13.0. The number of rotatable bonds is 4. The van der Waals surface area contributed by atoms with Crippen molar-refractivity contribution in [3.8, 4) is 0 Å². The zero-order valence-electron chi connectivity index (χ0n) is 20.5. The third kappa shape index (κ3) is 6.39. The Kier molecular flexibility index (Phi) is 7.55. The highest BCUT2D eigenvalue weighted by Crippen LogP contribution is 2.41. The number of carbonyl (C=O) groups is 3. The van der Waals surface area contributed by atoms with Crippen LogP contribution in [0, 0.1) is 5.41 Å². The van der Waals surface area contributed by atoms with Crippen LogP contribution < -0.4 is 0 Å². The standard InChI is InChI=1S/C25H37N3O5/c1-19(26(5)22(30)32-17-20-9-7-6-8-10-20)21(29)27-14-11-25(12-15-27)13-16-28(18-25)23(31)33-24(2,3)4/h6-10,19H,11-18H2,1-5H3/t19-/m1/s1. The van der Waals surface area contributed by atoms with Crippen LogP contribution in [0.15, 0.2) is 30.3 Å². The molecule has 0 aromatic heterocycles. The Morgan fingerprint density at radius 2 is 1.61 bits per heavy atom. The highest BCUT2D eigenvalue weighted by Gasteiger charge is 2.44. The molecule has 8 nitrogen and oxygen atoms in total. The van der Waals surface area contributed by atoms with Gasteiger partial charge in [-0.25, -0.2) is 9.59 Å². The first-order valence-corrected chi connectivity index (χ1v) is 11.7. The van der Waals surface area contributed by atoms with Crippen LogP contribution in [0.4, 0.5) is 9.59 Å². The minimum absolute atomic E-state index is 0.0391. The second kappa shape index (κ2) is 10.0. The molecule has 1 atom stereocenters. The molecule has 0 bridgehead atoms. The van der Waals surface area contributed by atoms with Crippen molar-refractivity contribution in [1.82, 2.24) is 14.7 Å². The van der Waals surface area contributed by atoms with E-state index in [9.17, 15) is 14.4 Å². The number of ether oxygens (including phenoxy) is 2. The number of hydrogen-bond acceptors (Lipinski definition) is 5. The monoisotopic (exact) mass is 459 g/mol. The van der Waals surface area contributed by atoms with Crippen LogP contribution in [0.2, 0.25) is 0 Å². The number of likely N-dealkylation sites (N-methyl/N-ethyl adjacent to an activating group) is 1. The molecule has 0 N–H and O–H groups in total. The molecular formula is C25H37N3O5. The Hall–Kier alpha value is -2.77. The van der Waals surface area contributed by atoms with E-state index in [1.54, 1.807) is 18.9 Å². The Labute approximate surface area is 196 Å². The number of likely N-dealkylation sites (tertiary alicyclic amines) is 2. The number of benzene rings is 1. The van der Waals surface area contributed by atoms with Crippen LogP contribution >= 0.6 is 0 Å². The SMILES string of the molecule is C[C@H](C(=O)N1CCC2(CCN(C(=O)OC(C)(C)C)C2)CC1)N(C)C(=O)OCc1ccccc1. The quantitative estimate of drug-likeness (QED) is 0.682. The second-order valence-corrected chi connectivity index (χ2v) is 10.3. The van der Waals surface area contributed by atoms with Crippen LogP contribution in [-0.2, 0) is 20.9 Å². The van der Waals surface area contributed by atoms with E-state index in [4.69, 9.17) is 9.47 Å².